The van der Waals surface area contributed by atoms with Gasteiger partial charge in [-0.25, -0.2) is 17.5 Å². The molecule has 0 aliphatic heterocycles. The maximum absolute atomic E-state index is 13.2. The molecule has 1 atom stereocenters. The lowest BCUT2D eigenvalue weighted by Crippen LogP contribution is -2.28. The van der Waals surface area contributed by atoms with Crippen molar-refractivity contribution >= 4 is 10.0 Å². The molecule has 0 unspecified atom stereocenters. The van der Waals surface area contributed by atoms with Crippen molar-refractivity contribution in [2.24, 2.45) is 0 Å². The number of ether oxygens (including phenoxy) is 1. The van der Waals surface area contributed by atoms with Crippen molar-refractivity contribution in [3.8, 4) is 5.75 Å². The maximum Gasteiger partial charge on any atom is 0.241 e. The summed E-state index contributed by atoms with van der Waals surface area (Å²) in [6, 6.07) is 10.5. The summed E-state index contributed by atoms with van der Waals surface area (Å²) in [5.41, 5.74) is 1.22. The summed E-state index contributed by atoms with van der Waals surface area (Å²) in [4.78, 5) is 0.0888. The van der Waals surface area contributed by atoms with Gasteiger partial charge in [-0.05, 0) is 54.8 Å². The van der Waals surface area contributed by atoms with Crippen LogP contribution in [0.25, 0.3) is 0 Å². The second kappa shape index (κ2) is 7.10. The molecule has 4 nitrogen and oxygen atoms in total. The Kier molecular flexibility index (Phi) is 5.38. The number of rotatable bonds is 6. The van der Waals surface area contributed by atoms with Crippen molar-refractivity contribution in [1.82, 2.24) is 4.72 Å². The van der Waals surface area contributed by atoms with Crippen LogP contribution in [0.5, 0.6) is 5.75 Å². The Labute approximate surface area is 136 Å². The van der Waals surface area contributed by atoms with E-state index in [4.69, 9.17) is 4.74 Å². The fourth-order valence-corrected chi connectivity index (χ4v) is 3.92. The van der Waals surface area contributed by atoms with Crippen molar-refractivity contribution in [3.63, 3.8) is 0 Å². The van der Waals surface area contributed by atoms with Gasteiger partial charge >= 0.3 is 0 Å². The largest absolute Gasteiger partial charge is 0.497 e. The predicted molar refractivity (Wildman–Crippen MR) is 87.5 cm³/mol. The van der Waals surface area contributed by atoms with Crippen molar-refractivity contribution in [3.05, 3.63) is 59.4 Å². The molecule has 0 bridgehead atoms. The summed E-state index contributed by atoms with van der Waals surface area (Å²) in [5, 5.41) is 0. The summed E-state index contributed by atoms with van der Waals surface area (Å²) in [7, 11) is -2.16. The molecule has 0 amide bonds. The molecule has 0 saturated heterocycles. The summed E-state index contributed by atoms with van der Waals surface area (Å²) in [5.74, 6) is 0.254. The van der Waals surface area contributed by atoms with E-state index in [1.165, 1.54) is 12.1 Å². The van der Waals surface area contributed by atoms with Gasteiger partial charge in [-0.1, -0.05) is 19.1 Å². The van der Waals surface area contributed by atoms with E-state index in [1.807, 2.05) is 19.1 Å². The van der Waals surface area contributed by atoms with Crippen LogP contribution in [0.3, 0.4) is 0 Å². The molecule has 2 rings (SSSR count). The smallest absolute Gasteiger partial charge is 0.241 e. The first kappa shape index (κ1) is 17.4. The number of aryl methyl sites for hydroxylation is 1. The van der Waals surface area contributed by atoms with E-state index in [0.29, 0.717) is 17.7 Å². The Morgan fingerprint density at radius 2 is 1.83 bits per heavy atom. The van der Waals surface area contributed by atoms with Gasteiger partial charge in [-0.3, -0.25) is 0 Å². The second-order valence-electron chi connectivity index (χ2n) is 5.27. The van der Waals surface area contributed by atoms with E-state index in [0.717, 1.165) is 11.6 Å². The zero-order valence-electron chi connectivity index (χ0n) is 13.3. The molecule has 6 heteroatoms. The molecule has 0 heterocycles. The highest BCUT2D eigenvalue weighted by Crippen LogP contribution is 2.24. The lowest BCUT2D eigenvalue weighted by atomic mass is 10.1. The highest BCUT2D eigenvalue weighted by molar-refractivity contribution is 7.89. The number of sulfonamides is 1. The molecule has 2 aromatic rings. The first-order valence-electron chi connectivity index (χ1n) is 7.30. The van der Waals surface area contributed by atoms with Gasteiger partial charge in [-0.15, -0.1) is 0 Å². The third-order valence-corrected chi connectivity index (χ3v) is 5.28. The monoisotopic (exact) mass is 337 g/mol. The van der Waals surface area contributed by atoms with Crippen LogP contribution in [0, 0.1) is 12.7 Å². The average Bonchev–Trinajstić information content (AvgIpc) is 2.52. The zero-order chi connectivity index (χ0) is 17.0. The molecule has 0 aromatic heterocycles. The van der Waals surface area contributed by atoms with Crippen molar-refractivity contribution in [1.29, 1.82) is 0 Å². The second-order valence-corrected chi connectivity index (χ2v) is 6.95. The van der Waals surface area contributed by atoms with Crippen LogP contribution in [0.15, 0.2) is 47.4 Å². The third-order valence-electron chi connectivity index (χ3n) is 3.65. The molecule has 0 radical (unpaired) electrons. The van der Waals surface area contributed by atoms with E-state index in [1.54, 1.807) is 26.2 Å². The average molecular weight is 337 g/mol. The molecule has 0 aliphatic rings. The molecule has 0 spiro atoms. The lowest BCUT2D eigenvalue weighted by Gasteiger charge is -2.18. The van der Waals surface area contributed by atoms with E-state index in [9.17, 15) is 12.8 Å². The van der Waals surface area contributed by atoms with Gasteiger partial charge in [0.1, 0.15) is 11.6 Å². The predicted octanol–water partition coefficient (Wildman–Crippen LogP) is 3.57. The minimum absolute atomic E-state index is 0.0888. The van der Waals surface area contributed by atoms with Crippen molar-refractivity contribution in [2.75, 3.05) is 7.11 Å². The van der Waals surface area contributed by atoms with Crippen LogP contribution in [0.2, 0.25) is 0 Å². The van der Waals surface area contributed by atoms with Crippen LogP contribution >= 0.6 is 0 Å². The van der Waals surface area contributed by atoms with Crippen LogP contribution in [-0.2, 0) is 10.0 Å². The van der Waals surface area contributed by atoms with Crippen molar-refractivity contribution in [2.45, 2.75) is 31.2 Å². The van der Waals surface area contributed by atoms with Gasteiger partial charge in [0.05, 0.1) is 12.0 Å². The number of methoxy groups -OCH3 is 1. The Hall–Kier alpha value is -1.92. The van der Waals surface area contributed by atoms with Gasteiger partial charge in [0.2, 0.25) is 10.0 Å². The third kappa shape index (κ3) is 4.09. The summed E-state index contributed by atoms with van der Waals surface area (Å²) < 4.78 is 46.1. The number of nitrogens with one attached hydrogen (secondary N) is 1. The molecule has 0 aliphatic carbocycles. The van der Waals surface area contributed by atoms with Crippen LogP contribution in [-0.4, -0.2) is 15.5 Å². The van der Waals surface area contributed by atoms with E-state index in [2.05, 4.69) is 4.72 Å². The van der Waals surface area contributed by atoms with Crippen LogP contribution < -0.4 is 9.46 Å². The Morgan fingerprint density at radius 1 is 1.17 bits per heavy atom. The number of benzene rings is 2. The molecule has 23 heavy (non-hydrogen) atoms. The maximum atomic E-state index is 13.2. The topological polar surface area (TPSA) is 55.4 Å². The Balaban J connectivity index is 2.29. The minimum Gasteiger partial charge on any atom is -0.497 e. The molecule has 2 aromatic carbocycles. The van der Waals surface area contributed by atoms with Gasteiger partial charge in [0, 0.05) is 6.04 Å². The lowest BCUT2D eigenvalue weighted by molar-refractivity contribution is 0.414. The summed E-state index contributed by atoms with van der Waals surface area (Å²) >= 11 is 0. The molecule has 124 valence electrons. The summed E-state index contributed by atoms with van der Waals surface area (Å²) in [6.45, 7) is 3.47. The van der Waals surface area contributed by atoms with Gasteiger partial charge in [0.25, 0.3) is 0 Å². The standard InChI is InChI=1S/C17H20FNO3S/c1-4-16(13-5-8-15(22-3)9-6-13)19-23(20,21)17-10-7-14(18)11-12(17)2/h5-11,16,19H,4H2,1-3H3/t16-/m1/s1. The first-order valence-corrected chi connectivity index (χ1v) is 8.78. The quantitative estimate of drug-likeness (QED) is 0.877. The van der Waals surface area contributed by atoms with E-state index >= 15 is 0 Å². The fraction of sp³-hybridized carbons (Fsp3) is 0.294. The molecular weight excluding hydrogens is 317 g/mol. The van der Waals surface area contributed by atoms with Crippen LogP contribution in [0.1, 0.15) is 30.5 Å². The number of hydrogen-bond donors (Lipinski definition) is 1. The van der Waals surface area contributed by atoms with Gasteiger partial charge in [-0.2, -0.15) is 0 Å². The highest BCUT2D eigenvalue weighted by atomic mass is 32.2. The summed E-state index contributed by atoms with van der Waals surface area (Å²) in [6.07, 6.45) is 0.589. The minimum atomic E-state index is -3.73. The Bertz CT molecular complexity index is 773. The van der Waals surface area contributed by atoms with E-state index in [-0.39, 0.29) is 10.9 Å². The first-order chi connectivity index (χ1) is 10.9. The van der Waals surface area contributed by atoms with Gasteiger partial charge in [0.15, 0.2) is 0 Å². The Morgan fingerprint density at radius 3 is 2.35 bits per heavy atom. The number of halogens is 1. The SMILES string of the molecule is CC[C@@H](NS(=O)(=O)c1ccc(F)cc1C)c1ccc(OC)cc1. The molecular formula is C17H20FNO3S. The molecule has 0 saturated carbocycles. The van der Waals surface area contributed by atoms with Crippen LogP contribution in [0.4, 0.5) is 4.39 Å². The molecule has 1 N–H and O–H groups in total. The zero-order valence-corrected chi connectivity index (χ0v) is 14.2. The van der Waals surface area contributed by atoms with Crippen molar-refractivity contribution < 1.29 is 17.5 Å². The van der Waals surface area contributed by atoms with E-state index < -0.39 is 15.8 Å². The number of hydrogen-bond acceptors (Lipinski definition) is 3. The highest BCUT2D eigenvalue weighted by Gasteiger charge is 2.22. The van der Waals surface area contributed by atoms with Gasteiger partial charge < -0.3 is 4.74 Å². The fourth-order valence-electron chi connectivity index (χ4n) is 2.39. The normalized spacial score (nSPS) is 12.9. The molecule has 0 fully saturated rings.